The van der Waals surface area contributed by atoms with E-state index in [1.807, 2.05) is 14.0 Å². The van der Waals surface area contributed by atoms with Crippen LogP contribution in [0.15, 0.2) is 11.6 Å². The van der Waals surface area contributed by atoms with E-state index in [2.05, 4.69) is 40.7 Å². The Bertz CT molecular complexity index is 934. The molecule has 0 amide bonds. The smallest absolute Gasteiger partial charge is 0.309 e. The van der Waals surface area contributed by atoms with Crippen LogP contribution in [0.3, 0.4) is 0 Å². The van der Waals surface area contributed by atoms with Crippen LogP contribution in [0.5, 0.6) is 0 Å². The summed E-state index contributed by atoms with van der Waals surface area (Å²) in [6.45, 7) is 13.7. The minimum absolute atomic E-state index is 0.0356. The van der Waals surface area contributed by atoms with Gasteiger partial charge in [-0.1, -0.05) is 46.3 Å². The van der Waals surface area contributed by atoms with Crippen LogP contribution in [0.2, 0.25) is 0 Å². The van der Waals surface area contributed by atoms with E-state index in [1.165, 1.54) is 18.4 Å². The van der Waals surface area contributed by atoms with Gasteiger partial charge in [-0.2, -0.15) is 0 Å². The second-order valence-electron chi connectivity index (χ2n) is 14.5. The van der Waals surface area contributed by atoms with Gasteiger partial charge in [0.2, 0.25) is 0 Å². The molecule has 0 unspecified atom stereocenters. The van der Waals surface area contributed by atoms with Crippen molar-refractivity contribution in [1.29, 1.82) is 0 Å². The number of carbonyl (C=O) groups excluding carboxylic acids is 1. The van der Waals surface area contributed by atoms with Gasteiger partial charge in [0.1, 0.15) is 5.78 Å². The molecular weight excluding hydrogens is 424 g/mol. The second kappa shape index (κ2) is 7.43. The van der Waals surface area contributed by atoms with Crippen molar-refractivity contribution in [3.63, 3.8) is 0 Å². The van der Waals surface area contributed by atoms with Crippen molar-refractivity contribution in [2.75, 3.05) is 7.11 Å². The van der Waals surface area contributed by atoms with Gasteiger partial charge in [-0.25, -0.2) is 0 Å². The van der Waals surface area contributed by atoms with Crippen molar-refractivity contribution in [3.05, 3.63) is 11.6 Å². The normalized spacial score (nSPS) is 51.9. The molecule has 0 saturated heterocycles. The molecule has 4 fully saturated rings. The van der Waals surface area contributed by atoms with Gasteiger partial charge in [-0.3, -0.25) is 9.59 Å². The molecule has 4 saturated carbocycles. The molecular formula is C30H46O4. The van der Waals surface area contributed by atoms with Crippen LogP contribution < -0.4 is 0 Å². The van der Waals surface area contributed by atoms with Crippen LogP contribution in [-0.4, -0.2) is 30.1 Å². The molecule has 1 N–H and O–H groups in total. The number of ether oxygens (including phenoxy) is 1. The first-order valence-electron chi connectivity index (χ1n) is 13.7. The number of carboxylic acids is 1. The van der Waals surface area contributed by atoms with Gasteiger partial charge in [-0.05, 0) is 92.3 Å². The molecule has 4 heteroatoms. The lowest BCUT2D eigenvalue weighted by Crippen LogP contribution is -2.64. The van der Waals surface area contributed by atoms with Gasteiger partial charge in [0.05, 0.1) is 11.5 Å². The third-order valence-corrected chi connectivity index (χ3v) is 12.5. The van der Waals surface area contributed by atoms with Crippen LogP contribution in [0.4, 0.5) is 0 Å². The maximum absolute atomic E-state index is 12.9. The molecule has 0 radical (unpaired) electrons. The number of hydrogen-bond acceptors (Lipinski definition) is 3. The van der Waals surface area contributed by atoms with Crippen molar-refractivity contribution >= 4 is 11.8 Å². The maximum atomic E-state index is 12.9. The number of Topliss-reactive ketones (excluding diaryl/α,β-unsaturated/α-hetero) is 1. The minimum atomic E-state index is -0.636. The van der Waals surface area contributed by atoms with Gasteiger partial charge in [0, 0.05) is 24.9 Å². The zero-order chi connectivity index (χ0) is 24.9. The Hall–Kier alpha value is -1.16. The summed E-state index contributed by atoms with van der Waals surface area (Å²) in [4.78, 5) is 25.2. The van der Waals surface area contributed by atoms with E-state index in [-0.39, 0.29) is 27.8 Å². The lowest BCUT2D eigenvalue weighted by molar-refractivity contribution is -0.192. The summed E-state index contributed by atoms with van der Waals surface area (Å²) in [5.41, 5.74) is 1.01. The molecule has 9 atom stereocenters. The molecule has 0 bridgehead atoms. The molecule has 5 aliphatic carbocycles. The highest BCUT2D eigenvalue weighted by molar-refractivity contribution is 5.85. The molecule has 4 nitrogen and oxygen atoms in total. The van der Waals surface area contributed by atoms with Crippen LogP contribution >= 0.6 is 0 Å². The summed E-state index contributed by atoms with van der Waals surface area (Å²) in [5, 5.41) is 10.1. The SMILES string of the molecule is CO[C@@H]1C=C2[C@@H](CC[C@@]3(C)CC[C@](C)(C(=O)O)C[C@@H]23)[C@]2(C)CC[C@@H]3C(C)(C)C(=O)CC[C@]3(C)[C@@H]12. The summed E-state index contributed by atoms with van der Waals surface area (Å²) in [6, 6.07) is 0. The molecule has 0 aliphatic heterocycles. The predicted molar refractivity (Wildman–Crippen MR) is 133 cm³/mol. The third kappa shape index (κ3) is 3.05. The zero-order valence-corrected chi connectivity index (χ0v) is 22.5. The fourth-order valence-corrected chi connectivity index (χ4v) is 10.3. The van der Waals surface area contributed by atoms with Crippen molar-refractivity contribution in [3.8, 4) is 0 Å². The number of hydrogen-bond donors (Lipinski definition) is 1. The average molecular weight is 471 g/mol. The lowest BCUT2D eigenvalue weighted by Gasteiger charge is -2.68. The molecule has 34 heavy (non-hydrogen) atoms. The van der Waals surface area contributed by atoms with E-state index in [0.717, 1.165) is 38.5 Å². The van der Waals surface area contributed by atoms with Gasteiger partial charge in [-0.15, -0.1) is 0 Å². The molecule has 5 aliphatic rings. The number of aliphatic carboxylic acids is 1. The summed E-state index contributed by atoms with van der Waals surface area (Å²) in [7, 11) is 1.86. The van der Waals surface area contributed by atoms with Crippen LogP contribution in [0.1, 0.15) is 99.3 Å². The Morgan fingerprint density at radius 1 is 0.941 bits per heavy atom. The van der Waals surface area contributed by atoms with Crippen LogP contribution in [-0.2, 0) is 14.3 Å². The number of allylic oxidation sites excluding steroid dienone is 1. The number of carboxylic acid groups (broad SMARTS) is 1. The van der Waals surface area contributed by atoms with E-state index in [4.69, 9.17) is 4.74 Å². The van der Waals surface area contributed by atoms with E-state index in [1.54, 1.807) is 0 Å². The van der Waals surface area contributed by atoms with Gasteiger partial charge >= 0.3 is 5.97 Å². The second-order valence-corrected chi connectivity index (χ2v) is 14.5. The molecule has 0 aromatic rings. The van der Waals surface area contributed by atoms with Crippen molar-refractivity contribution in [2.24, 2.45) is 50.7 Å². The van der Waals surface area contributed by atoms with Crippen molar-refractivity contribution in [1.82, 2.24) is 0 Å². The summed E-state index contributed by atoms with van der Waals surface area (Å²) in [5.74, 6) is 1.41. The Balaban J connectivity index is 1.60. The number of ketones is 1. The monoisotopic (exact) mass is 470 g/mol. The predicted octanol–water partition coefficient (Wildman–Crippen LogP) is 6.68. The van der Waals surface area contributed by atoms with Crippen molar-refractivity contribution < 1.29 is 19.4 Å². The van der Waals surface area contributed by atoms with Gasteiger partial charge in [0.25, 0.3) is 0 Å². The molecule has 0 aromatic carbocycles. The first kappa shape index (κ1) is 24.5. The molecule has 5 rings (SSSR count). The number of rotatable bonds is 2. The quantitative estimate of drug-likeness (QED) is 0.457. The Morgan fingerprint density at radius 2 is 1.65 bits per heavy atom. The molecule has 0 heterocycles. The fraction of sp³-hybridized carbons (Fsp3) is 0.867. The largest absolute Gasteiger partial charge is 0.481 e. The minimum Gasteiger partial charge on any atom is -0.481 e. The molecule has 0 spiro atoms. The number of fused-ring (bicyclic) bond motifs is 7. The van der Waals surface area contributed by atoms with E-state index < -0.39 is 11.4 Å². The molecule has 190 valence electrons. The maximum Gasteiger partial charge on any atom is 0.309 e. The van der Waals surface area contributed by atoms with Crippen molar-refractivity contribution in [2.45, 2.75) is 105 Å². The van der Waals surface area contributed by atoms with Gasteiger partial charge < -0.3 is 9.84 Å². The highest BCUT2D eigenvalue weighted by atomic mass is 16.5. The first-order valence-corrected chi connectivity index (χ1v) is 13.7. The lowest BCUT2D eigenvalue weighted by atomic mass is 9.36. The zero-order valence-electron chi connectivity index (χ0n) is 22.5. The highest BCUT2D eigenvalue weighted by Crippen LogP contribution is 2.71. The standard InChI is InChI=1S/C30H46O4/c1-26(2)22-9-12-29(5)19-8-11-27(3)14-15-28(4,25(32)33)17-20(27)18(19)16-21(34-7)24(29)30(22,6)13-10-23(26)31/h16,19-22,24H,8-15,17H2,1-7H3,(H,32,33)/t19-,20+,21-,22-,24+,27+,28+,29+,30+/m1/s1. The fourth-order valence-electron chi connectivity index (χ4n) is 10.3. The number of carbonyl (C=O) groups is 2. The van der Waals surface area contributed by atoms with Crippen LogP contribution in [0.25, 0.3) is 0 Å². The topological polar surface area (TPSA) is 63.6 Å². The first-order chi connectivity index (χ1) is 15.7. The summed E-state index contributed by atoms with van der Waals surface area (Å²) >= 11 is 0. The number of methoxy groups -OCH3 is 1. The Labute approximate surface area is 206 Å². The Kier molecular flexibility index (Phi) is 5.36. The summed E-state index contributed by atoms with van der Waals surface area (Å²) < 4.78 is 6.32. The molecule has 0 aromatic heterocycles. The Morgan fingerprint density at radius 3 is 2.29 bits per heavy atom. The van der Waals surface area contributed by atoms with Crippen LogP contribution in [0, 0.1) is 50.7 Å². The van der Waals surface area contributed by atoms with Gasteiger partial charge in [0.15, 0.2) is 0 Å². The highest BCUT2D eigenvalue weighted by Gasteiger charge is 2.67. The van der Waals surface area contributed by atoms with E-state index in [9.17, 15) is 14.7 Å². The summed E-state index contributed by atoms with van der Waals surface area (Å²) in [6.07, 6.45) is 11.3. The van der Waals surface area contributed by atoms with E-state index in [0.29, 0.717) is 35.9 Å². The average Bonchev–Trinajstić information content (AvgIpc) is 2.76. The third-order valence-electron chi connectivity index (χ3n) is 12.5. The van der Waals surface area contributed by atoms with E-state index >= 15 is 0 Å².